The minimum Gasteiger partial charge on any atom is -0.490 e. The summed E-state index contributed by atoms with van der Waals surface area (Å²) in [6.45, 7) is 10.6. The third-order valence-corrected chi connectivity index (χ3v) is 6.64. The zero-order chi connectivity index (χ0) is 24.1. The van der Waals surface area contributed by atoms with Gasteiger partial charge in [-0.1, -0.05) is 36.7 Å². The van der Waals surface area contributed by atoms with Gasteiger partial charge in [0.2, 0.25) is 0 Å². The van der Waals surface area contributed by atoms with E-state index in [9.17, 15) is 4.79 Å². The number of halogens is 2. The summed E-state index contributed by atoms with van der Waals surface area (Å²) in [5, 5.41) is 5.08. The number of rotatable bonds is 9. The first-order valence-electron chi connectivity index (χ1n) is 11.2. The first-order valence-corrected chi connectivity index (χ1v) is 12.8. The van der Waals surface area contributed by atoms with Crippen molar-refractivity contribution in [1.82, 2.24) is 9.66 Å². The van der Waals surface area contributed by atoms with Gasteiger partial charge in [-0.3, -0.25) is 4.79 Å². The molecule has 0 saturated heterocycles. The number of benzene rings is 2. The molecule has 0 unspecified atom stereocenters. The monoisotopic (exact) mass is 577 g/mol. The van der Waals surface area contributed by atoms with Gasteiger partial charge >= 0.3 is 0 Å². The normalized spacial score (nSPS) is 13.4. The molecule has 0 N–H and O–H groups in total. The summed E-state index contributed by atoms with van der Waals surface area (Å²) in [4.78, 5) is 18.1. The highest BCUT2D eigenvalue weighted by atomic mass is 79.9. The second kappa shape index (κ2) is 11.3. The van der Waals surface area contributed by atoms with Crippen LogP contribution in [-0.4, -0.2) is 28.6 Å². The molecule has 0 aliphatic rings. The Morgan fingerprint density at radius 3 is 2.52 bits per heavy atom. The van der Waals surface area contributed by atoms with Crippen LogP contribution in [0.5, 0.6) is 11.5 Å². The van der Waals surface area contributed by atoms with Crippen LogP contribution in [0.2, 0.25) is 0 Å². The lowest BCUT2D eigenvalue weighted by Crippen LogP contribution is -2.23. The Morgan fingerprint density at radius 2 is 1.85 bits per heavy atom. The van der Waals surface area contributed by atoms with Gasteiger partial charge in [0.15, 0.2) is 11.5 Å². The van der Waals surface area contributed by atoms with Crippen molar-refractivity contribution >= 4 is 49.0 Å². The third kappa shape index (κ3) is 5.84. The van der Waals surface area contributed by atoms with Crippen LogP contribution in [0.3, 0.4) is 0 Å². The van der Waals surface area contributed by atoms with E-state index < -0.39 is 0 Å². The molecule has 176 valence electrons. The van der Waals surface area contributed by atoms with Crippen molar-refractivity contribution in [2.24, 2.45) is 5.10 Å². The summed E-state index contributed by atoms with van der Waals surface area (Å²) < 4.78 is 14.8. The topological polar surface area (TPSA) is 65.7 Å². The summed E-state index contributed by atoms with van der Waals surface area (Å²) in [6, 6.07) is 9.27. The Kier molecular flexibility index (Phi) is 8.70. The molecular formula is C25H29Br2N3O3. The van der Waals surface area contributed by atoms with Crippen LogP contribution in [-0.2, 0) is 0 Å². The van der Waals surface area contributed by atoms with Gasteiger partial charge in [-0.2, -0.15) is 9.78 Å². The van der Waals surface area contributed by atoms with Gasteiger partial charge in [0, 0.05) is 20.4 Å². The van der Waals surface area contributed by atoms with Gasteiger partial charge in [-0.15, -0.1) is 0 Å². The van der Waals surface area contributed by atoms with E-state index in [2.05, 4.69) is 50.8 Å². The molecule has 3 rings (SSSR count). The maximum absolute atomic E-state index is 13.3. The summed E-state index contributed by atoms with van der Waals surface area (Å²) >= 11 is 7.05. The van der Waals surface area contributed by atoms with Gasteiger partial charge in [0.1, 0.15) is 5.82 Å². The zero-order valence-corrected chi connectivity index (χ0v) is 22.7. The number of aromatic nitrogens is 2. The standard InChI is InChI=1S/C25H29Br2N3O3/c1-6-15(4)24-29-21-10-9-18(26)12-19(21)25(31)30(24)28-14-17-11-22(32-8-3)23(13-20(17)27)33-16(5)7-2/h9-16H,6-8H2,1-5H3/t15-,16-/m1/s1. The highest BCUT2D eigenvalue weighted by molar-refractivity contribution is 9.10. The number of hydrogen-bond donors (Lipinski definition) is 0. The molecule has 3 aromatic rings. The van der Waals surface area contributed by atoms with Crippen LogP contribution in [0.25, 0.3) is 10.9 Å². The lowest BCUT2D eigenvalue weighted by atomic mass is 10.1. The molecule has 0 aliphatic carbocycles. The van der Waals surface area contributed by atoms with Crippen LogP contribution >= 0.6 is 31.9 Å². The molecule has 2 aromatic carbocycles. The Bertz CT molecular complexity index is 1220. The molecule has 0 radical (unpaired) electrons. The third-order valence-electron chi connectivity index (χ3n) is 5.46. The minimum absolute atomic E-state index is 0.0651. The summed E-state index contributed by atoms with van der Waals surface area (Å²) in [5.41, 5.74) is 1.23. The molecule has 1 aromatic heterocycles. The van der Waals surface area contributed by atoms with Gasteiger partial charge in [-0.05, 0) is 73.0 Å². The Labute approximate surface area is 211 Å². The summed E-state index contributed by atoms with van der Waals surface area (Å²) in [7, 11) is 0. The van der Waals surface area contributed by atoms with Crippen LogP contribution in [0, 0.1) is 0 Å². The molecule has 0 aliphatic heterocycles. The van der Waals surface area contributed by atoms with E-state index >= 15 is 0 Å². The van der Waals surface area contributed by atoms with Crippen molar-refractivity contribution in [1.29, 1.82) is 0 Å². The molecule has 6 nitrogen and oxygen atoms in total. The first kappa shape index (κ1) is 25.4. The van der Waals surface area contributed by atoms with Crippen LogP contribution in [0.15, 0.2) is 49.2 Å². The van der Waals surface area contributed by atoms with E-state index in [4.69, 9.17) is 14.5 Å². The fourth-order valence-corrected chi connectivity index (χ4v) is 4.00. The van der Waals surface area contributed by atoms with E-state index in [1.165, 1.54) is 4.68 Å². The van der Waals surface area contributed by atoms with Crippen LogP contribution in [0.1, 0.15) is 64.8 Å². The maximum atomic E-state index is 13.3. The molecule has 2 atom stereocenters. The summed E-state index contributed by atoms with van der Waals surface area (Å²) in [5.74, 6) is 2.01. The molecular weight excluding hydrogens is 550 g/mol. The molecule has 0 amide bonds. The average molecular weight is 579 g/mol. The van der Waals surface area contributed by atoms with E-state index in [0.717, 1.165) is 27.4 Å². The first-order chi connectivity index (χ1) is 15.8. The predicted molar refractivity (Wildman–Crippen MR) is 141 cm³/mol. The van der Waals surface area contributed by atoms with E-state index in [1.807, 2.05) is 45.0 Å². The Hall–Kier alpha value is -2.19. The zero-order valence-electron chi connectivity index (χ0n) is 19.6. The second-order valence-electron chi connectivity index (χ2n) is 7.89. The van der Waals surface area contributed by atoms with Crippen molar-refractivity contribution in [3.05, 3.63) is 61.0 Å². The average Bonchev–Trinajstić information content (AvgIpc) is 2.80. The van der Waals surface area contributed by atoms with Gasteiger partial charge < -0.3 is 9.47 Å². The van der Waals surface area contributed by atoms with E-state index in [-0.39, 0.29) is 17.6 Å². The van der Waals surface area contributed by atoms with E-state index in [0.29, 0.717) is 34.8 Å². The lowest BCUT2D eigenvalue weighted by Gasteiger charge is -2.17. The highest BCUT2D eigenvalue weighted by Crippen LogP contribution is 2.34. The Morgan fingerprint density at radius 1 is 1.09 bits per heavy atom. The predicted octanol–water partition coefficient (Wildman–Crippen LogP) is 6.89. The molecule has 1 heterocycles. The van der Waals surface area contributed by atoms with Gasteiger partial charge in [0.05, 0.1) is 29.8 Å². The SMILES string of the molecule is CCOc1cc(C=Nn2c([C@H](C)CC)nc3ccc(Br)cc3c2=O)c(Br)cc1O[C@H](C)CC. The fourth-order valence-electron chi connectivity index (χ4n) is 3.21. The minimum atomic E-state index is -0.203. The lowest BCUT2D eigenvalue weighted by molar-refractivity contribution is 0.203. The van der Waals surface area contributed by atoms with E-state index in [1.54, 1.807) is 12.3 Å². The second-order valence-corrected chi connectivity index (χ2v) is 9.66. The Balaban J connectivity index is 2.12. The number of hydrogen-bond acceptors (Lipinski definition) is 5. The van der Waals surface area contributed by atoms with Crippen LogP contribution < -0.4 is 15.0 Å². The van der Waals surface area contributed by atoms with Crippen molar-refractivity contribution in [3.8, 4) is 11.5 Å². The summed E-state index contributed by atoms with van der Waals surface area (Å²) in [6.07, 6.45) is 3.44. The smallest absolute Gasteiger partial charge is 0.282 e. The maximum Gasteiger partial charge on any atom is 0.282 e. The largest absolute Gasteiger partial charge is 0.490 e. The number of ether oxygens (including phenoxy) is 2. The molecule has 0 spiro atoms. The van der Waals surface area contributed by atoms with Gasteiger partial charge in [-0.25, -0.2) is 4.98 Å². The van der Waals surface area contributed by atoms with Crippen molar-refractivity contribution in [3.63, 3.8) is 0 Å². The van der Waals surface area contributed by atoms with Crippen molar-refractivity contribution in [2.45, 2.75) is 59.5 Å². The van der Waals surface area contributed by atoms with Gasteiger partial charge in [0.25, 0.3) is 5.56 Å². The molecule has 0 bridgehead atoms. The van der Waals surface area contributed by atoms with Crippen molar-refractivity contribution in [2.75, 3.05) is 6.61 Å². The number of fused-ring (bicyclic) bond motifs is 1. The number of nitrogens with zero attached hydrogens (tertiary/aromatic N) is 3. The quantitative estimate of drug-likeness (QED) is 0.259. The fraction of sp³-hybridized carbons (Fsp3) is 0.400. The highest BCUT2D eigenvalue weighted by Gasteiger charge is 2.17. The molecule has 0 fully saturated rings. The van der Waals surface area contributed by atoms with Crippen molar-refractivity contribution < 1.29 is 9.47 Å². The molecule has 0 saturated carbocycles. The van der Waals surface area contributed by atoms with Crippen LogP contribution in [0.4, 0.5) is 0 Å². The molecule has 33 heavy (non-hydrogen) atoms. The molecule has 8 heteroatoms.